The van der Waals surface area contributed by atoms with Crippen LogP contribution in [0.15, 0.2) is 53.6 Å². The van der Waals surface area contributed by atoms with Gasteiger partial charge in [-0.05, 0) is 31.2 Å². The Kier molecular flexibility index (Phi) is 4.88. The SMILES string of the molecule is COc1ccc(NC(=O)C(C)n2cnc3ccccc3c2=O)cc1OC. The number of hydrogen-bond acceptors (Lipinski definition) is 5. The first-order chi connectivity index (χ1) is 12.5. The van der Waals surface area contributed by atoms with Crippen molar-refractivity contribution in [3.05, 3.63) is 59.1 Å². The molecule has 1 unspecified atom stereocenters. The molecule has 1 aromatic heterocycles. The molecule has 0 fully saturated rings. The van der Waals surface area contributed by atoms with Gasteiger partial charge in [0, 0.05) is 11.8 Å². The first-order valence-corrected chi connectivity index (χ1v) is 8.04. The van der Waals surface area contributed by atoms with E-state index in [4.69, 9.17) is 9.47 Å². The average molecular weight is 353 g/mol. The minimum absolute atomic E-state index is 0.259. The summed E-state index contributed by atoms with van der Waals surface area (Å²) in [5.41, 5.74) is 0.883. The van der Waals surface area contributed by atoms with Crippen LogP contribution >= 0.6 is 0 Å². The van der Waals surface area contributed by atoms with Crippen LogP contribution in [0, 0.1) is 0 Å². The van der Waals surface area contributed by atoms with Gasteiger partial charge < -0.3 is 14.8 Å². The van der Waals surface area contributed by atoms with E-state index in [0.29, 0.717) is 28.1 Å². The summed E-state index contributed by atoms with van der Waals surface area (Å²) in [6.45, 7) is 1.65. The molecule has 0 radical (unpaired) electrons. The zero-order valence-electron chi connectivity index (χ0n) is 14.7. The van der Waals surface area contributed by atoms with Gasteiger partial charge in [-0.2, -0.15) is 0 Å². The molecule has 7 nitrogen and oxygen atoms in total. The molecular weight excluding hydrogens is 334 g/mol. The van der Waals surface area contributed by atoms with Crippen LogP contribution < -0.4 is 20.3 Å². The van der Waals surface area contributed by atoms with Crippen LogP contribution in [-0.4, -0.2) is 29.7 Å². The molecule has 0 spiro atoms. The Balaban J connectivity index is 1.87. The standard InChI is InChI=1S/C19H19N3O4/c1-12(22-11-20-15-7-5-4-6-14(15)19(22)24)18(23)21-13-8-9-16(25-2)17(10-13)26-3/h4-12H,1-3H3,(H,21,23). The average Bonchev–Trinajstić information content (AvgIpc) is 2.67. The van der Waals surface area contributed by atoms with E-state index in [1.54, 1.807) is 43.3 Å². The number of benzene rings is 2. The summed E-state index contributed by atoms with van der Waals surface area (Å²) in [6, 6.07) is 11.4. The number of methoxy groups -OCH3 is 2. The van der Waals surface area contributed by atoms with E-state index in [-0.39, 0.29) is 11.5 Å². The van der Waals surface area contributed by atoms with Crippen molar-refractivity contribution in [2.45, 2.75) is 13.0 Å². The van der Waals surface area contributed by atoms with Gasteiger partial charge >= 0.3 is 0 Å². The van der Waals surface area contributed by atoms with Gasteiger partial charge in [0.25, 0.3) is 5.56 Å². The van der Waals surface area contributed by atoms with Gasteiger partial charge in [0.05, 0.1) is 31.4 Å². The molecule has 3 rings (SSSR count). The molecule has 26 heavy (non-hydrogen) atoms. The predicted octanol–water partition coefficient (Wildman–Crippen LogP) is 2.61. The van der Waals surface area contributed by atoms with E-state index in [1.165, 1.54) is 25.1 Å². The van der Waals surface area contributed by atoms with Crippen LogP contribution in [0.3, 0.4) is 0 Å². The highest BCUT2D eigenvalue weighted by Gasteiger charge is 2.18. The molecule has 1 heterocycles. The summed E-state index contributed by atoms with van der Waals surface area (Å²) in [7, 11) is 3.06. The molecule has 1 N–H and O–H groups in total. The van der Waals surface area contributed by atoms with Crippen molar-refractivity contribution in [1.82, 2.24) is 9.55 Å². The molecule has 1 amide bonds. The lowest BCUT2D eigenvalue weighted by molar-refractivity contribution is -0.118. The van der Waals surface area contributed by atoms with Gasteiger partial charge in [0.1, 0.15) is 6.04 Å². The fourth-order valence-electron chi connectivity index (χ4n) is 2.65. The Morgan fingerprint density at radius 2 is 1.85 bits per heavy atom. The third-order valence-corrected chi connectivity index (χ3v) is 4.14. The van der Waals surface area contributed by atoms with Crippen LogP contribution in [0.4, 0.5) is 5.69 Å². The molecule has 7 heteroatoms. The fourth-order valence-corrected chi connectivity index (χ4v) is 2.65. The number of anilines is 1. The van der Waals surface area contributed by atoms with Gasteiger partial charge in [-0.15, -0.1) is 0 Å². The fraction of sp³-hybridized carbons (Fsp3) is 0.211. The highest BCUT2D eigenvalue weighted by atomic mass is 16.5. The number of para-hydroxylation sites is 1. The third kappa shape index (κ3) is 3.23. The number of ether oxygens (including phenoxy) is 2. The van der Waals surface area contributed by atoms with Gasteiger partial charge in [0.2, 0.25) is 5.91 Å². The molecule has 134 valence electrons. The zero-order chi connectivity index (χ0) is 18.7. The lowest BCUT2D eigenvalue weighted by atomic mass is 10.2. The zero-order valence-corrected chi connectivity index (χ0v) is 14.7. The molecule has 1 atom stereocenters. The van der Waals surface area contributed by atoms with Crippen LogP contribution in [0.2, 0.25) is 0 Å². The normalized spacial score (nSPS) is 11.8. The molecule has 0 bridgehead atoms. The number of carbonyl (C=O) groups excluding carboxylic acids is 1. The number of amides is 1. The van der Waals surface area contributed by atoms with E-state index >= 15 is 0 Å². The van der Waals surface area contributed by atoms with Gasteiger partial charge in [-0.3, -0.25) is 14.2 Å². The monoisotopic (exact) mass is 353 g/mol. The smallest absolute Gasteiger partial charge is 0.261 e. The second-order valence-corrected chi connectivity index (χ2v) is 5.71. The van der Waals surface area contributed by atoms with Gasteiger partial charge in [-0.25, -0.2) is 4.98 Å². The molecule has 0 aliphatic rings. The van der Waals surface area contributed by atoms with E-state index in [2.05, 4.69) is 10.3 Å². The Morgan fingerprint density at radius 1 is 1.12 bits per heavy atom. The Bertz CT molecular complexity index is 1010. The van der Waals surface area contributed by atoms with Crippen molar-refractivity contribution in [3.8, 4) is 11.5 Å². The maximum absolute atomic E-state index is 12.6. The highest BCUT2D eigenvalue weighted by molar-refractivity contribution is 5.94. The van der Waals surface area contributed by atoms with Crippen LogP contribution in [0.5, 0.6) is 11.5 Å². The Hall–Kier alpha value is -3.35. The number of aromatic nitrogens is 2. The lowest BCUT2D eigenvalue weighted by Gasteiger charge is -2.16. The number of rotatable bonds is 5. The number of hydrogen-bond donors (Lipinski definition) is 1. The van der Waals surface area contributed by atoms with Crippen molar-refractivity contribution in [2.24, 2.45) is 0 Å². The molecular formula is C19H19N3O4. The summed E-state index contributed by atoms with van der Waals surface area (Å²) in [5, 5.41) is 3.25. The van der Waals surface area contributed by atoms with E-state index in [0.717, 1.165) is 0 Å². The first-order valence-electron chi connectivity index (χ1n) is 8.04. The number of fused-ring (bicyclic) bond motifs is 1. The van der Waals surface area contributed by atoms with Crippen LogP contribution in [0.25, 0.3) is 10.9 Å². The van der Waals surface area contributed by atoms with E-state index in [9.17, 15) is 9.59 Å². The number of nitrogens with zero attached hydrogens (tertiary/aromatic N) is 2. The van der Waals surface area contributed by atoms with E-state index < -0.39 is 6.04 Å². The number of carbonyl (C=O) groups is 1. The lowest BCUT2D eigenvalue weighted by Crippen LogP contribution is -2.31. The summed E-state index contributed by atoms with van der Waals surface area (Å²) >= 11 is 0. The molecule has 0 saturated heterocycles. The van der Waals surface area contributed by atoms with E-state index in [1.807, 2.05) is 6.07 Å². The quantitative estimate of drug-likeness (QED) is 0.762. The van der Waals surface area contributed by atoms with Gasteiger partial charge in [-0.1, -0.05) is 12.1 Å². The molecule has 3 aromatic rings. The molecule has 0 saturated carbocycles. The number of nitrogens with one attached hydrogen (secondary N) is 1. The van der Waals surface area contributed by atoms with Gasteiger partial charge in [0.15, 0.2) is 11.5 Å². The summed E-state index contributed by atoms with van der Waals surface area (Å²) in [5.74, 6) is 0.729. The summed E-state index contributed by atoms with van der Waals surface area (Å²) < 4.78 is 11.7. The highest BCUT2D eigenvalue weighted by Crippen LogP contribution is 2.30. The second-order valence-electron chi connectivity index (χ2n) is 5.71. The molecule has 2 aromatic carbocycles. The largest absolute Gasteiger partial charge is 0.493 e. The molecule has 0 aliphatic heterocycles. The predicted molar refractivity (Wildman–Crippen MR) is 98.9 cm³/mol. The first kappa shape index (κ1) is 17.5. The minimum atomic E-state index is -0.729. The maximum atomic E-state index is 12.6. The summed E-state index contributed by atoms with van der Waals surface area (Å²) in [4.78, 5) is 29.5. The summed E-state index contributed by atoms with van der Waals surface area (Å²) in [6.07, 6.45) is 1.39. The van der Waals surface area contributed by atoms with Crippen molar-refractivity contribution in [1.29, 1.82) is 0 Å². The van der Waals surface area contributed by atoms with Crippen LogP contribution in [0.1, 0.15) is 13.0 Å². The van der Waals surface area contributed by atoms with Crippen molar-refractivity contribution in [2.75, 3.05) is 19.5 Å². The van der Waals surface area contributed by atoms with Crippen molar-refractivity contribution < 1.29 is 14.3 Å². The van der Waals surface area contributed by atoms with Crippen molar-refractivity contribution >= 4 is 22.5 Å². The Morgan fingerprint density at radius 3 is 2.58 bits per heavy atom. The van der Waals surface area contributed by atoms with Crippen molar-refractivity contribution in [3.63, 3.8) is 0 Å². The van der Waals surface area contributed by atoms with Crippen LogP contribution in [-0.2, 0) is 4.79 Å². The topological polar surface area (TPSA) is 82.5 Å². The Labute approximate surface area is 150 Å². The maximum Gasteiger partial charge on any atom is 0.261 e. The third-order valence-electron chi connectivity index (χ3n) is 4.14. The molecule has 0 aliphatic carbocycles. The minimum Gasteiger partial charge on any atom is -0.493 e. The second kappa shape index (κ2) is 7.26.